The Labute approximate surface area is 191 Å². The van der Waals surface area contributed by atoms with E-state index in [1.165, 1.54) is 38.5 Å². The van der Waals surface area contributed by atoms with Crippen LogP contribution in [0.15, 0.2) is 5.10 Å². The number of amides is 1. The first-order valence-corrected chi connectivity index (χ1v) is 10.3. The number of carbonyl (C=O) groups excluding carboxylic acids is 2. The van der Waals surface area contributed by atoms with Gasteiger partial charge in [-0.1, -0.05) is 58.3 Å². The molecule has 0 unspecified atom stereocenters. The van der Waals surface area contributed by atoms with Crippen LogP contribution in [0.5, 0.6) is 0 Å². The van der Waals surface area contributed by atoms with Crippen LogP contribution in [-0.4, -0.2) is 34.6 Å². The average molecular weight is 408 g/mol. The maximum Gasteiger partial charge on any atom is 1.00 e. The molecule has 1 amide bonds. The van der Waals surface area contributed by atoms with Crippen molar-refractivity contribution in [3.63, 3.8) is 0 Å². The van der Waals surface area contributed by atoms with Gasteiger partial charge in [-0.05, 0) is 44.4 Å². The fraction of sp³-hybridized carbons (Fsp3) is 0.842. The van der Waals surface area contributed by atoms with E-state index >= 15 is 0 Å². The van der Waals surface area contributed by atoms with Gasteiger partial charge in [0.25, 0.3) is 0 Å². The Bertz CT molecular complexity index is 446. The van der Waals surface area contributed by atoms with Crippen molar-refractivity contribution in [2.75, 3.05) is 6.54 Å². The molecule has 150 valence electrons. The zero-order chi connectivity index (χ0) is 19.6. The van der Waals surface area contributed by atoms with Gasteiger partial charge in [0.2, 0.25) is 5.91 Å². The molecule has 6 nitrogen and oxygen atoms in total. The summed E-state index contributed by atoms with van der Waals surface area (Å²) in [7, 11) is 0. The molecule has 1 atom stereocenters. The molecule has 0 radical (unpaired) electrons. The predicted molar refractivity (Wildman–Crippen MR) is 105 cm³/mol. The van der Waals surface area contributed by atoms with Crippen LogP contribution in [0.3, 0.4) is 0 Å². The van der Waals surface area contributed by atoms with Gasteiger partial charge in [0.05, 0.1) is 17.2 Å². The number of carbonyl (C=O) groups is 2. The fourth-order valence-electron chi connectivity index (χ4n) is 2.87. The summed E-state index contributed by atoms with van der Waals surface area (Å²) in [5, 5.41) is 18.1. The predicted octanol–water partition coefficient (Wildman–Crippen LogP) is 0.00520. The molecular formula is C19H34N3NaO3S. The minimum atomic E-state index is -1.32. The number of rotatable bonds is 17. The second-order valence-corrected chi connectivity index (χ2v) is 6.81. The molecule has 0 aliphatic rings. The third-order valence-corrected chi connectivity index (χ3v) is 4.48. The third kappa shape index (κ3) is 15.3. The normalized spacial score (nSPS) is 11.2. The van der Waals surface area contributed by atoms with Crippen molar-refractivity contribution in [3.05, 3.63) is 0 Å². The number of aliphatic carboxylic acids is 1. The standard InChI is InChI=1S/C19H35N3O3S.Na/c1-2-3-4-5-6-7-8-9-10-14-18(23)22(21-16-26)17(19(24)25)13-11-12-15-20;/h17H,2-15,20H2,1H3,(H,24,25);/q;+1/p-1/t17-;/m0./s1. The van der Waals surface area contributed by atoms with E-state index in [0.717, 1.165) is 24.3 Å². The summed E-state index contributed by atoms with van der Waals surface area (Å²) in [5.41, 5.74) is 5.43. The molecule has 27 heavy (non-hydrogen) atoms. The van der Waals surface area contributed by atoms with Crippen molar-refractivity contribution in [2.45, 2.75) is 96.4 Å². The number of hydrogen-bond acceptors (Lipinski definition) is 6. The van der Waals surface area contributed by atoms with Crippen molar-refractivity contribution in [3.8, 4) is 0 Å². The van der Waals surface area contributed by atoms with Gasteiger partial charge in [0.15, 0.2) is 0 Å². The molecule has 0 rings (SSSR count). The summed E-state index contributed by atoms with van der Waals surface area (Å²) in [6, 6.07) is -1.11. The van der Waals surface area contributed by atoms with Crippen LogP contribution in [0, 0.1) is 0 Å². The SMILES string of the molecule is CCCCCCCCCCCC(=O)N(N=C=S)[C@@H](CCCCN)C(=O)[O-].[Na+]. The van der Waals surface area contributed by atoms with Gasteiger partial charge in [-0.3, -0.25) is 4.79 Å². The number of hydrogen-bond donors (Lipinski definition) is 1. The Morgan fingerprint density at radius 1 is 1.04 bits per heavy atom. The van der Waals surface area contributed by atoms with Gasteiger partial charge in [-0.2, -0.15) is 0 Å². The number of nitrogens with zero attached hydrogens (tertiary/aromatic N) is 2. The number of carboxylic acid groups (broad SMARTS) is 1. The van der Waals surface area contributed by atoms with Crippen LogP contribution in [0.1, 0.15) is 90.4 Å². The number of thiocarbonyl (C=S) groups is 1. The average Bonchev–Trinajstić information content (AvgIpc) is 2.62. The summed E-state index contributed by atoms with van der Waals surface area (Å²) in [5.74, 6) is -1.66. The van der Waals surface area contributed by atoms with E-state index in [-0.39, 0.29) is 48.3 Å². The smallest absolute Gasteiger partial charge is 0.548 e. The van der Waals surface area contributed by atoms with Gasteiger partial charge in [-0.15, -0.1) is 5.10 Å². The van der Waals surface area contributed by atoms with E-state index in [1.807, 2.05) is 0 Å². The van der Waals surface area contributed by atoms with Crippen molar-refractivity contribution in [2.24, 2.45) is 10.8 Å². The molecule has 0 aromatic carbocycles. The van der Waals surface area contributed by atoms with Crippen LogP contribution in [-0.2, 0) is 9.59 Å². The van der Waals surface area contributed by atoms with Gasteiger partial charge < -0.3 is 15.6 Å². The molecule has 2 N–H and O–H groups in total. The van der Waals surface area contributed by atoms with Gasteiger partial charge in [0.1, 0.15) is 0 Å². The van der Waals surface area contributed by atoms with E-state index in [1.54, 1.807) is 0 Å². The monoisotopic (exact) mass is 407 g/mol. The Morgan fingerprint density at radius 2 is 1.59 bits per heavy atom. The van der Waals surface area contributed by atoms with Crippen molar-refractivity contribution in [1.29, 1.82) is 0 Å². The first kappa shape index (κ1) is 28.9. The third-order valence-electron chi connectivity index (χ3n) is 4.40. The molecule has 0 aliphatic heterocycles. The molecule has 0 aromatic rings. The van der Waals surface area contributed by atoms with Crippen molar-refractivity contribution >= 4 is 29.3 Å². The van der Waals surface area contributed by atoms with E-state index in [0.29, 0.717) is 19.4 Å². The summed E-state index contributed by atoms with van der Waals surface area (Å²) in [6.45, 7) is 2.68. The molecule has 0 bridgehead atoms. The van der Waals surface area contributed by atoms with E-state index in [2.05, 4.69) is 29.4 Å². The topological polar surface area (TPSA) is 98.8 Å². The molecule has 0 saturated carbocycles. The maximum absolute atomic E-state index is 12.3. The number of unbranched alkanes of at least 4 members (excludes halogenated alkanes) is 9. The van der Waals surface area contributed by atoms with Crippen molar-refractivity contribution < 1.29 is 44.3 Å². The van der Waals surface area contributed by atoms with Crippen LogP contribution in [0.25, 0.3) is 0 Å². The molecule has 0 aromatic heterocycles. The van der Waals surface area contributed by atoms with Gasteiger partial charge in [0, 0.05) is 6.42 Å². The molecule has 0 fully saturated rings. The second kappa shape index (κ2) is 20.4. The second-order valence-electron chi connectivity index (χ2n) is 6.63. The number of isothiocyanates is 1. The number of carboxylic acids is 1. The number of nitrogens with two attached hydrogens (primary N) is 1. The summed E-state index contributed by atoms with van der Waals surface area (Å²) in [4.78, 5) is 23.7. The molecular weight excluding hydrogens is 373 g/mol. The fourth-order valence-corrected chi connectivity index (χ4v) is 2.95. The van der Waals surface area contributed by atoms with Crippen LogP contribution < -0.4 is 40.4 Å². The first-order valence-electron chi connectivity index (χ1n) is 9.89. The summed E-state index contributed by atoms with van der Waals surface area (Å²) in [6.07, 6.45) is 12.1. The number of hydrazone groups is 1. The van der Waals surface area contributed by atoms with Gasteiger partial charge >= 0.3 is 29.6 Å². The molecule has 0 heterocycles. The minimum absolute atomic E-state index is 0. The van der Waals surface area contributed by atoms with Crippen molar-refractivity contribution in [1.82, 2.24) is 5.01 Å². The summed E-state index contributed by atoms with van der Waals surface area (Å²) < 4.78 is 0. The quantitative estimate of drug-likeness (QED) is 0.120. The zero-order valence-corrected chi connectivity index (χ0v) is 19.9. The Morgan fingerprint density at radius 3 is 2.07 bits per heavy atom. The van der Waals surface area contributed by atoms with E-state index in [4.69, 9.17) is 5.73 Å². The zero-order valence-electron chi connectivity index (χ0n) is 17.1. The minimum Gasteiger partial charge on any atom is -0.548 e. The van der Waals surface area contributed by atoms with Crippen LogP contribution in [0.4, 0.5) is 0 Å². The Hall–Kier alpha value is -0.300. The largest absolute Gasteiger partial charge is 1.00 e. The van der Waals surface area contributed by atoms with Crippen LogP contribution >= 0.6 is 12.2 Å². The molecule has 0 saturated heterocycles. The van der Waals surface area contributed by atoms with E-state index < -0.39 is 12.0 Å². The van der Waals surface area contributed by atoms with E-state index in [9.17, 15) is 14.7 Å². The Kier molecular flexibility index (Phi) is 21.9. The first-order chi connectivity index (χ1) is 12.6. The molecule has 0 aliphatic carbocycles. The van der Waals surface area contributed by atoms with Crippen LogP contribution in [0.2, 0.25) is 0 Å². The Balaban J connectivity index is 0. The molecule has 8 heteroatoms. The molecule has 0 spiro atoms. The maximum atomic E-state index is 12.3. The van der Waals surface area contributed by atoms with Gasteiger partial charge in [-0.25, -0.2) is 5.01 Å². The summed E-state index contributed by atoms with van der Waals surface area (Å²) >= 11 is 4.56.